The van der Waals surface area contributed by atoms with Crippen LogP contribution < -0.4 is 16.4 Å². The lowest BCUT2D eigenvalue weighted by molar-refractivity contribution is -0.122. The van der Waals surface area contributed by atoms with Gasteiger partial charge < -0.3 is 16.4 Å². The van der Waals surface area contributed by atoms with Gasteiger partial charge in [-0.1, -0.05) is 0 Å². The molecule has 0 aromatic carbocycles. The van der Waals surface area contributed by atoms with Crippen LogP contribution in [0, 0.1) is 6.92 Å². The summed E-state index contributed by atoms with van der Waals surface area (Å²) in [7, 11) is 0. The van der Waals surface area contributed by atoms with E-state index in [4.69, 9.17) is 5.73 Å². The minimum Gasteiger partial charge on any atom is -0.397 e. The normalized spacial score (nSPS) is 20.3. The molecule has 1 aliphatic rings. The van der Waals surface area contributed by atoms with Crippen molar-refractivity contribution in [1.29, 1.82) is 0 Å². The third-order valence-corrected chi connectivity index (χ3v) is 2.71. The maximum atomic E-state index is 11.0. The lowest BCUT2D eigenvalue weighted by Gasteiger charge is -2.24. The topological polar surface area (TPSA) is 80.0 Å². The Morgan fingerprint density at radius 3 is 3.06 bits per heavy atom. The Morgan fingerprint density at radius 2 is 2.44 bits per heavy atom. The monoisotopic (exact) mass is 220 g/mol. The number of anilines is 2. The average molecular weight is 220 g/mol. The molecule has 86 valence electrons. The van der Waals surface area contributed by atoms with Crippen molar-refractivity contribution >= 4 is 17.4 Å². The van der Waals surface area contributed by atoms with E-state index in [1.54, 1.807) is 6.20 Å². The van der Waals surface area contributed by atoms with Crippen molar-refractivity contribution in [3.8, 4) is 0 Å². The van der Waals surface area contributed by atoms with Crippen molar-refractivity contribution in [1.82, 2.24) is 10.3 Å². The standard InChI is InChI=1S/C11H16N4O/c1-7-4-8(12)5-14-11(7)15-9-2-3-10(16)13-6-9/h4-5,9H,2-3,6,12H2,1H3,(H,13,16)(H,14,15). The van der Waals surface area contributed by atoms with Crippen molar-refractivity contribution in [2.75, 3.05) is 17.6 Å². The Morgan fingerprint density at radius 1 is 1.62 bits per heavy atom. The number of carbonyl (C=O) groups excluding carboxylic acids is 1. The van der Waals surface area contributed by atoms with E-state index in [0.717, 1.165) is 17.8 Å². The van der Waals surface area contributed by atoms with E-state index in [-0.39, 0.29) is 11.9 Å². The third-order valence-electron chi connectivity index (χ3n) is 2.71. The average Bonchev–Trinajstić information content (AvgIpc) is 2.25. The van der Waals surface area contributed by atoms with Gasteiger partial charge in [0, 0.05) is 19.0 Å². The van der Waals surface area contributed by atoms with Crippen LogP contribution in [0.25, 0.3) is 0 Å². The first kappa shape index (κ1) is 10.7. The van der Waals surface area contributed by atoms with Gasteiger partial charge in [0.25, 0.3) is 0 Å². The molecule has 1 amide bonds. The zero-order valence-electron chi connectivity index (χ0n) is 9.29. The second kappa shape index (κ2) is 4.38. The number of rotatable bonds is 2. The smallest absolute Gasteiger partial charge is 0.220 e. The van der Waals surface area contributed by atoms with E-state index in [0.29, 0.717) is 18.7 Å². The molecule has 1 aliphatic heterocycles. The Labute approximate surface area is 94.4 Å². The van der Waals surface area contributed by atoms with E-state index in [9.17, 15) is 4.79 Å². The molecular formula is C11H16N4O. The van der Waals surface area contributed by atoms with Gasteiger partial charge in [-0.3, -0.25) is 4.79 Å². The van der Waals surface area contributed by atoms with Crippen LogP contribution in [0.2, 0.25) is 0 Å². The largest absolute Gasteiger partial charge is 0.397 e. The van der Waals surface area contributed by atoms with E-state index < -0.39 is 0 Å². The first-order valence-corrected chi connectivity index (χ1v) is 5.40. The second-order valence-corrected chi connectivity index (χ2v) is 4.12. The first-order valence-electron chi connectivity index (χ1n) is 5.40. The fourth-order valence-corrected chi connectivity index (χ4v) is 1.80. The van der Waals surface area contributed by atoms with Crippen LogP contribution in [0.1, 0.15) is 18.4 Å². The molecule has 0 spiro atoms. The molecule has 0 bridgehead atoms. The van der Waals surface area contributed by atoms with Crippen molar-refractivity contribution in [3.63, 3.8) is 0 Å². The Kier molecular flexibility index (Phi) is 2.94. The molecule has 2 heterocycles. The highest BCUT2D eigenvalue weighted by Crippen LogP contribution is 2.16. The molecule has 5 nitrogen and oxygen atoms in total. The van der Waals surface area contributed by atoms with Crippen molar-refractivity contribution in [2.24, 2.45) is 0 Å². The van der Waals surface area contributed by atoms with Crippen LogP contribution in [0.15, 0.2) is 12.3 Å². The number of carbonyl (C=O) groups is 1. The maximum absolute atomic E-state index is 11.0. The molecule has 4 N–H and O–H groups in total. The van der Waals surface area contributed by atoms with Gasteiger partial charge in [-0.05, 0) is 25.0 Å². The Balaban J connectivity index is 2.01. The minimum atomic E-state index is 0.125. The summed E-state index contributed by atoms with van der Waals surface area (Å²) in [5, 5.41) is 6.14. The number of hydrogen-bond donors (Lipinski definition) is 3. The van der Waals surface area contributed by atoms with E-state index >= 15 is 0 Å². The molecule has 1 atom stereocenters. The summed E-state index contributed by atoms with van der Waals surface area (Å²) < 4.78 is 0. The fourth-order valence-electron chi connectivity index (χ4n) is 1.80. The number of amides is 1. The van der Waals surface area contributed by atoms with Gasteiger partial charge in [0.15, 0.2) is 0 Å². The number of nitrogens with one attached hydrogen (secondary N) is 2. The number of pyridine rings is 1. The second-order valence-electron chi connectivity index (χ2n) is 4.12. The maximum Gasteiger partial charge on any atom is 0.220 e. The molecule has 2 rings (SSSR count). The van der Waals surface area contributed by atoms with Gasteiger partial charge in [-0.15, -0.1) is 0 Å². The fraction of sp³-hybridized carbons (Fsp3) is 0.455. The molecule has 5 heteroatoms. The summed E-state index contributed by atoms with van der Waals surface area (Å²) in [6.45, 7) is 2.62. The highest BCUT2D eigenvalue weighted by Gasteiger charge is 2.18. The summed E-state index contributed by atoms with van der Waals surface area (Å²) in [4.78, 5) is 15.2. The van der Waals surface area contributed by atoms with E-state index in [2.05, 4.69) is 15.6 Å². The van der Waals surface area contributed by atoms with Crippen LogP contribution >= 0.6 is 0 Å². The molecule has 1 unspecified atom stereocenters. The molecular weight excluding hydrogens is 204 g/mol. The van der Waals surface area contributed by atoms with Gasteiger partial charge >= 0.3 is 0 Å². The SMILES string of the molecule is Cc1cc(N)cnc1NC1CCC(=O)NC1. The molecule has 16 heavy (non-hydrogen) atoms. The van der Waals surface area contributed by atoms with Crippen LogP contribution in [0.4, 0.5) is 11.5 Å². The van der Waals surface area contributed by atoms with Crippen LogP contribution in [0.5, 0.6) is 0 Å². The number of piperidine rings is 1. The number of nitrogens with zero attached hydrogens (tertiary/aromatic N) is 1. The summed E-state index contributed by atoms with van der Waals surface area (Å²) in [6.07, 6.45) is 3.06. The molecule has 1 aromatic heterocycles. The van der Waals surface area contributed by atoms with E-state index in [1.807, 2.05) is 13.0 Å². The van der Waals surface area contributed by atoms with Crippen molar-refractivity contribution in [2.45, 2.75) is 25.8 Å². The molecule has 1 fully saturated rings. The van der Waals surface area contributed by atoms with Gasteiger partial charge in [0.1, 0.15) is 5.82 Å². The van der Waals surface area contributed by atoms with Crippen molar-refractivity contribution < 1.29 is 4.79 Å². The predicted molar refractivity (Wildman–Crippen MR) is 63.0 cm³/mol. The first-order chi connectivity index (χ1) is 7.65. The molecule has 1 saturated heterocycles. The van der Waals surface area contributed by atoms with Gasteiger partial charge in [0.2, 0.25) is 5.91 Å². The predicted octanol–water partition coefficient (Wildman–Crippen LogP) is 0.663. The highest BCUT2D eigenvalue weighted by molar-refractivity contribution is 5.77. The number of aryl methyl sites for hydroxylation is 1. The van der Waals surface area contributed by atoms with Crippen LogP contribution in [-0.2, 0) is 4.79 Å². The highest BCUT2D eigenvalue weighted by atomic mass is 16.1. The molecule has 0 saturated carbocycles. The zero-order valence-corrected chi connectivity index (χ0v) is 9.29. The number of nitrogens with two attached hydrogens (primary N) is 1. The molecule has 0 radical (unpaired) electrons. The number of aromatic nitrogens is 1. The van der Waals surface area contributed by atoms with Gasteiger partial charge in [0.05, 0.1) is 11.9 Å². The van der Waals surface area contributed by atoms with Crippen LogP contribution in [-0.4, -0.2) is 23.5 Å². The number of nitrogen functional groups attached to an aromatic ring is 1. The molecule has 0 aliphatic carbocycles. The zero-order chi connectivity index (χ0) is 11.5. The summed E-state index contributed by atoms with van der Waals surface area (Å²) in [6, 6.07) is 2.14. The third kappa shape index (κ3) is 2.42. The van der Waals surface area contributed by atoms with E-state index in [1.165, 1.54) is 0 Å². The van der Waals surface area contributed by atoms with Crippen molar-refractivity contribution in [3.05, 3.63) is 17.8 Å². The number of hydrogen-bond acceptors (Lipinski definition) is 4. The quantitative estimate of drug-likeness (QED) is 0.684. The lowest BCUT2D eigenvalue weighted by atomic mass is 10.1. The Hall–Kier alpha value is -1.78. The van der Waals surface area contributed by atoms with Gasteiger partial charge in [-0.2, -0.15) is 0 Å². The van der Waals surface area contributed by atoms with Gasteiger partial charge in [-0.25, -0.2) is 4.98 Å². The minimum absolute atomic E-state index is 0.125. The lowest BCUT2D eigenvalue weighted by Crippen LogP contribution is -2.42. The summed E-state index contributed by atoms with van der Waals surface area (Å²) >= 11 is 0. The Bertz CT molecular complexity index is 395. The molecule has 1 aromatic rings. The summed E-state index contributed by atoms with van der Waals surface area (Å²) in [5.74, 6) is 0.968. The van der Waals surface area contributed by atoms with Crippen LogP contribution in [0.3, 0.4) is 0 Å². The summed E-state index contributed by atoms with van der Waals surface area (Å²) in [5.41, 5.74) is 7.32.